The largest absolute Gasteiger partial charge is 0.488 e. The second kappa shape index (κ2) is 13.6. The van der Waals surface area contributed by atoms with Crippen LogP contribution in [-0.4, -0.2) is 34.5 Å². The first-order chi connectivity index (χ1) is 21.9. The summed E-state index contributed by atoms with van der Waals surface area (Å²) in [7, 11) is 0. The molecule has 4 aromatic rings. The van der Waals surface area contributed by atoms with Gasteiger partial charge in [-0.15, -0.1) is 0 Å². The monoisotopic (exact) mass is 604 g/mol. The fourth-order valence-corrected chi connectivity index (χ4v) is 6.79. The van der Waals surface area contributed by atoms with Crippen molar-refractivity contribution < 1.29 is 24.2 Å². The summed E-state index contributed by atoms with van der Waals surface area (Å²) in [6.07, 6.45) is 5.35. The lowest BCUT2D eigenvalue weighted by atomic mass is 9.96. The van der Waals surface area contributed by atoms with Gasteiger partial charge in [0.15, 0.2) is 0 Å². The Balaban J connectivity index is 1.33. The lowest BCUT2D eigenvalue weighted by Gasteiger charge is -2.34. The molecular formula is C38H40N2O5. The van der Waals surface area contributed by atoms with Gasteiger partial charge < -0.3 is 20.3 Å². The van der Waals surface area contributed by atoms with Crippen LogP contribution in [0.25, 0.3) is 11.1 Å². The molecule has 1 amide bonds. The van der Waals surface area contributed by atoms with Crippen molar-refractivity contribution in [3.8, 4) is 22.6 Å². The maximum absolute atomic E-state index is 12.2. The second-order valence-corrected chi connectivity index (χ2v) is 12.1. The molecule has 1 fully saturated rings. The molecule has 1 unspecified atom stereocenters. The highest BCUT2D eigenvalue weighted by Gasteiger charge is 2.32. The fraction of sp³-hybridized carbons (Fsp3) is 0.316. The van der Waals surface area contributed by atoms with Crippen molar-refractivity contribution in [1.82, 2.24) is 4.90 Å². The second-order valence-electron chi connectivity index (χ2n) is 12.1. The molecule has 1 heterocycles. The van der Waals surface area contributed by atoms with Gasteiger partial charge in [0, 0.05) is 23.7 Å². The zero-order valence-corrected chi connectivity index (χ0v) is 25.8. The van der Waals surface area contributed by atoms with E-state index in [-0.39, 0.29) is 6.61 Å². The Morgan fingerprint density at radius 2 is 1.64 bits per heavy atom. The summed E-state index contributed by atoms with van der Waals surface area (Å²) >= 11 is 0. The number of carbonyl (C=O) groups is 2. The predicted molar refractivity (Wildman–Crippen MR) is 174 cm³/mol. The normalized spacial score (nSPS) is 16.2. The quantitative estimate of drug-likeness (QED) is 0.194. The zero-order chi connectivity index (χ0) is 31.3. The number of rotatable bonds is 11. The number of carboxylic acids is 1. The number of benzene rings is 4. The number of amides is 1. The number of likely N-dealkylation sites (tertiary alicyclic amines) is 1. The van der Waals surface area contributed by atoms with Crippen LogP contribution >= 0.6 is 0 Å². The molecule has 0 radical (unpaired) electrons. The lowest BCUT2D eigenvalue weighted by molar-refractivity contribution is -0.144. The number of piperidine rings is 1. The molecule has 1 aliphatic heterocycles. The van der Waals surface area contributed by atoms with Crippen LogP contribution in [0.1, 0.15) is 69.4 Å². The maximum Gasteiger partial charge on any atom is 0.320 e. The molecule has 45 heavy (non-hydrogen) atoms. The molecule has 7 heteroatoms. The Morgan fingerprint density at radius 3 is 2.44 bits per heavy atom. The van der Waals surface area contributed by atoms with Gasteiger partial charge in [0.1, 0.15) is 30.8 Å². The van der Waals surface area contributed by atoms with E-state index in [4.69, 9.17) is 15.2 Å². The van der Waals surface area contributed by atoms with Crippen LogP contribution in [-0.2, 0) is 37.4 Å². The van der Waals surface area contributed by atoms with Crippen LogP contribution in [0.3, 0.4) is 0 Å². The lowest BCUT2D eigenvalue weighted by Crippen LogP contribution is -2.44. The van der Waals surface area contributed by atoms with Gasteiger partial charge in [-0.1, -0.05) is 67.1 Å². The summed E-state index contributed by atoms with van der Waals surface area (Å²) in [6.45, 7) is 4.05. The minimum absolute atomic E-state index is 0.243. The van der Waals surface area contributed by atoms with Crippen LogP contribution in [0.5, 0.6) is 11.5 Å². The molecule has 7 nitrogen and oxygen atoms in total. The molecule has 0 aromatic heterocycles. The van der Waals surface area contributed by atoms with Crippen LogP contribution in [0, 0.1) is 6.92 Å². The number of nitrogens with zero attached hydrogens (tertiary/aromatic N) is 1. The van der Waals surface area contributed by atoms with E-state index >= 15 is 0 Å². The molecule has 1 atom stereocenters. The average molecular weight is 605 g/mol. The third-order valence-corrected chi connectivity index (χ3v) is 9.22. The van der Waals surface area contributed by atoms with E-state index in [1.165, 1.54) is 27.8 Å². The van der Waals surface area contributed by atoms with Gasteiger partial charge in [-0.25, -0.2) is 0 Å². The summed E-state index contributed by atoms with van der Waals surface area (Å²) < 4.78 is 13.1. The number of primary amides is 1. The summed E-state index contributed by atoms with van der Waals surface area (Å²) in [4.78, 5) is 26.0. The van der Waals surface area contributed by atoms with E-state index in [9.17, 15) is 14.7 Å². The maximum atomic E-state index is 12.2. The zero-order valence-electron chi connectivity index (χ0n) is 25.8. The third kappa shape index (κ3) is 6.74. The van der Waals surface area contributed by atoms with Crippen molar-refractivity contribution in [3.63, 3.8) is 0 Å². The highest BCUT2D eigenvalue weighted by molar-refractivity contribution is 5.92. The van der Waals surface area contributed by atoms with Crippen LogP contribution < -0.4 is 15.2 Å². The number of ether oxygens (including phenoxy) is 2. The standard InChI is InChI=1S/C38H40N2O5/c1-25-29(14-8-15-30(25)27-11-3-2-4-12-27)24-45-35-21-36(44-23-26-10-7-13-28(20-26)37(39)41)33(31-16-9-17-32(31)35)22-40-19-6-5-18-34(40)38(42)43/h2-4,7-8,10-15,20-21,34H,5-6,9,16-19,22-24H2,1H3,(H2,39,41)(H,42,43). The molecule has 0 spiro atoms. The van der Waals surface area contributed by atoms with Gasteiger partial charge in [0.05, 0.1) is 0 Å². The summed E-state index contributed by atoms with van der Waals surface area (Å²) in [5.41, 5.74) is 14.9. The van der Waals surface area contributed by atoms with Gasteiger partial charge in [0.2, 0.25) is 5.91 Å². The number of aliphatic carboxylic acids is 1. The van der Waals surface area contributed by atoms with Crippen LogP contribution in [0.2, 0.25) is 0 Å². The SMILES string of the molecule is Cc1c(COc2cc(OCc3cccc(C(N)=O)c3)c(CN3CCCCC3C(=O)O)c3c2CCC3)cccc1-c1ccccc1. The van der Waals surface area contributed by atoms with E-state index < -0.39 is 17.9 Å². The number of fused-ring (bicyclic) bond motifs is 1. The fourth-order valence-electron chi connectivity index (χ4n) is 6.79. The molecule has 1 aliphatic carbocycles. The van der Waals surface area contributed by atoms with Gasteiger partial charge in [0.25, 0.3) is 0 Å². The van der Waals surface area contributed by atoms with Gasteiger partial charge in [-0.2, -0.15) is 0 Å². The molecule has 0 bridgehead atoms. The summed E-state index contributed by atoms with van der Waals surface area (Å²) in [5, 5.41) is 9.98. The molecule has 6 rings (SSSR count). The molecule has 4 aromatic carbocycles. The van der Waals surface area contributed by atoms with Crippen molar-refractivity contribution in [2.24, 2.45) is 5.73 Å². The van der Waals surface area contributed by atoms with Crippen molar-refractivity contribution in [2.45, 2.75) is 71.2 Å². The van der Waals surface area contributed by atoms with Crippen molar-refractivity contribution in [1.29, 1.82) is 0 Å². The van der Waals surface area contributed by atoms with E-state index in [1.54, 1.807) is 18.2 Å². The number of carboxylic acid groups (broad SMARTS) is 1. The molecule has 0 saturated carbocycles. The molecule has 2 aliphatic rings. The predicted octanol–water partition coefficient (Wildman–Crippen LogP) is 6.85. The Labute approximate surface area is 264 Å². The van der Waals surface area contributed by atoms with E-state index in [0.29, 0.717) is 30.9 Å². The highest BCUT2D eigenvalue weighted by Crippen LogP contribution is 2.41. The third-order valence-electron chi connectivity index (χ3n) is 9.22. The summed E-state index contributed by atoms with van der Waals surface area (Å²) in [6, 6.07) is 25.3. The average Bonchev–Trinajstić information content (AvgIpc) is 3.55. The molecule has 1 saturated heterocycles. The van der Waals surface area contributed by atoms with Gasteiger partial charge in [-0.05, 0) is 96.6 Å². The first kappa shape index (κ1) is 30.4. The minimum atomic E-state index is -0.773. The Morgan fingerprint density at radius 1 is 0.867 bits per heavy atom. The number of carbonyl (C=O) groups excluding carboxylic acids is 1. The van der Waals surface area contributed by atoms with Crippen LogP contribution in [0.4, 0.5) is 0 Å². The Hall–Kier alpha value is -4.62. The smallest absolute Gasteiger partial charge is 0.320 e. The van der Waals surface area contributed by atoms with E-state index in [2.05, 4.69) is 54.3 Å². The first-order valence-electron chi connectivity index (χ1n) is 15.8. The van der Waals surface area contributed by atoms with E-state index in [1.807, 2.05) is 18.2 Å². The van der Waals surface area contributed by atoms with Crippen molar-refractivity contribution in [3.05, 3.63) is 118 Å². The van der Waals surface area contributed by atoms with Gasteiger partial charge >= 0.3 is 5.97 Å². The molecule has 3 N–H and O–H groups in total. The van der Waals surface area contributed by atoms with E-state index in [0.717, 1.165) is 61.1 Å². The highest BCUT2D eigenvalue weighted by atomic mass is 16.5. The Kier molecular flexibility index (Phi) is 9.17. The minimum Gasteiger partial charge on any atom is -0.488 e. The summed E-state index contributed by atoms with van der Waals surface area (Å²) in [5.74, 6) is 0.247. The number of hydrogen-bond donors (Lipinski definition) is 2. The van der Waals surface area contributed by atoms with Crippen molar-refractivity contribution >= 4 is 11.9 Å². The van der Waals surface area contributed by atoms with Crippen LogP contribution in [0.15, 0.2) is 78.9 Å². The van der Waals surface area contributed by atoms with Crippen molar-refractivity contribution in [2.75, 3.05) is 6.54 Å². The molecular weight excluding hydrogens is 564 g/mol. The molecule has 232 valence electrons. The Bertz CT molecular complexity index is 1700. The number of nitrogens with two attached hydrogens (primary N) is 1. The number of hydrogen-bond acceptors (Lipinski definition) is 5. The first-order valence-corrected chi connectivity index (χ1v) is 15.8. The van der Waals surface area contributed by atoms with Gasteiger partial charge in [-0.3, -0.25) is 14.5 Å². The topological polar surface area (TPSA) is 102 Å².